The normalized spacial score (nSPS) is 20.0. The Kier molecular flexibility index (Phi) is 6.08. The number of nitrogens with zero attached hydrogens (tertiary/aromatic N) is 1. The first-order valence-electron chi connectivity index (χ1n) is 10.7. The van der Waals surface area contributed by atoms with E-state index in [2.05, 4.69) is 31.2 Å². The van der Waals surface area contributed by atoms with E-state index in [4.69, 9.17) is 4.99 Å². The van der Waals surface area contributed by atoms with Gasteiger partial charge in [-0.05, 0) is 47.2 Å². The van der Waals surface area contributed by atoms with Crippen LogP contribution in [-0.4, -0.2) is 16.6 Å². The van der Waals surface area contributed by atoms with Crippen LogP contribution in [0.2, 0.25) is 0 Å². The number of fused-ring (bicyclic) bond motifs is 1. The fourth-order valence-electron chi connectivity index (χ4n) is 4.16. The van der Waals surface area contributed by atoms with Crippen LogP contribution in [0.4, 0.5) is 5.69 Å². The maximum Gasteiger partial charge on any atom is 0.168 e. The van der Waals surface area contributed by atoms with E-state index >= 15 is 0 Å². The summed E-state index contributed by atoms with van der Waals surface area (Å²) in [6.07, 6.45) is 3.40. The van der Waals surface area contributed by atoms with Gasteiger partial charge in [0.15, 0.2) is 5.78 Å². The van der Waals surface area contributed by atoms with Crippen LogP contribution < -0.4 is 0 Å². The quantitative estimate of drug-likeness (QED) is 0.370. The first kappa shape index (κ1) is 20.1. The zero-order chi connectivity index (χ0) is 20.9. The van der Waals surface area contributed by atoms with Gasteiger partial charge in [0.2, 0.25) is 0 Å². The molecule has 0 aliphatic heterocycles. The van der Waals surface area contributed by atoms with Crippen molar-refractivity contribution in [1.82, 2.24) is 0 Å². The van der Waals surface area contributed by atoms with Crippen molar-refractivity contribution in [3.8, 4) is 0 Å². The van der Waals surface area contributed by atoms with Gasteiger partial charge in [0.05, 0.1) is 17.0 Å². The van der Waals surface area contributed by atoms with Crippen molar-refractivity contribution in [2.45, 2.75) is 44.9 Å². The molecule has 152 valence electrons. The molecule has 3 aromatic rings. The molecule has 1 aliphatic carbocycles. The van der Waals surface area contributed by atoms with E-state index in [9.17, 15) is 9.90 Å². The second-order valence-corrected chi connectivity index (χ2v) is 7.95. The van der Waals surface area contributed by atoms with E-state index in [-0.39, 0.29) is 17.5 Å². The molecule has 1 N–H and O–H groups in total. The van der Waals surface area contributed by atoms with Gasteiger partial charge in [0.1, 0.15) is 5.76 Å². The number of rotatable bonds is 5. The molecular weight excluding hydrogens is 370 g/mol. The molecule has 0 heterocycles. The van der Waals surface area contributed by atoms with Crippen LogP contribution in [0.15, 0.2) is 89.1 Å². The Balaban J connectivity index is 1.76. The summed E-state index contributed by atoms with van der Waals surface area (Å²) in [5.41, 5.74) is 3.09. The van der Waals surface area contributed by atoms with Crippen LogP contribution in [-0.2, 0) is 4.79 Å². The van der Waals surface area contributed by atoms with Gasteiger partial charge in [-0.1, -0.05) is 74.0 Å². The number of benzene rings is 3. The predicted octanol–water partition coefficient (Wildman–Crippen LogP) is 7.06. The topological polar surface area (TPSA) is 49.7 Å². The molecule has 3 heteroatoms. The molecule has 3 nitrogen and oxygen atoms in total. The number of aliphatic hydroxyl groups excluding tert-OH is 1. The highest BCUT2D eigenvalue weighted by Gasteiger charge is 2.32. The zero-order valence-electron chi connectivity index (χ0n) is 17.3. The Morgan fingerprint density at radius 2 is 1.70 bits per heavy atom. The van der Waals surface area contributed by atoms with Gasteiger partial charge in [0, 0.05) is 12.8 Å². The molecule has 0 aromatic heterocycles. The smallest absolute Gasteiger partial charge is 0.168 e. The van der Waals surface area contributed by atoms with E-state index in [1.54, 1.807) is 0 Å². The molecule has 4 rings (SSSR count). The van der Waals surface area contributed by atoms with Crippen molar-refractivity contribution < 1.29 is 9.90 Å². The number of Topliss-reactive ketones (excluding diaryl/α,β-unsaturated/α-hetero) is 1. The molecule has 1 fully saturated rings. The number of hydrogen-bond donors (Lipinski definition) is 1. The van der Waals surface area contributed by atoms with Gasteiger partial charge < -0.3 is 5.11 Å². The molecule has 0 amide bonds. The standard InChI is InChI=1S/C27H27NO2/c1-2-3-13-25(29)27-24(17-22(18-26(27)30)19-9-5-4-6-10-19)28-23-15-14-20-11-7-8-12-21(20)16-23/h4-12,14-16,22,29H,2-3,13,17-18H2,1H3/b27-25+,28-24?/t22-/m1/s1. The van der Waals surface area contributed by atoms with Crippen molar-refractivity contribution >= 4 is 28.0 Å². The second-order valence-electron chi connectivity index (χ2n) is 7.95. The summed E-state index contributed by atoms with van der Waals surface area (Å²) in [7, 11) is 0. The minimum atomic E-state index is -0.0109. The summed E-state index contributed by atoms with van der Waals surface area (Å²) in [5, 5.41) is 13.0. The zero-order valence-corrected chi connectivity index (χ0v) is 17.3. The van der Waals surface area contributed by atoms with Crippen LogP contribution >= 0.6 is 0 Å². The maximum atomic E-state index is 13.1. The number of aliphatic hydroxyl groups is 1. The average Bonchev–Trinajstić information content (AvgIpc) is 2.77. The van der Waals surface area contributed by atoms with Gasteiger partial charge in [-0.2, -0.15) is 0 Å². The lowest BCUT2D eigenvalue weighted by Crippen LogP contribution is -2.26. The second kappa shape index (κ2) is 9.08. The Labute approximate surface area is 177 Å². The lowest BCUT2D eigenvalue weighted by atomic mass is 9.78. The van der Waals surface area contributed by atoms with Crippen LogP contribution in [0.1, 0.15) is 50.5 Å². The van der Waals surface area contributed by atoms with Gasteiger partial charge in [0.25, 0.3) is 0 Å². The van der Waals surface area contributed by atoms with Crippen molar-refractivity contribution in [2.75, 3.05) is 0 Å². The Morgan fingerprint density at radius 1 is 0.967 bits per heavy atom. The third-order valence-electron chi connectivity index (χ3n) is 5.76. The highest BCUT2D eigenvalue weighted by atomic mass is 16.3. The Morgan fingerprint density at radius 3 is 2.47 bits per heavy atom. The maximum absolute atomic E-state index is 13.1. The summed E-state index contributed by atoms with van der Waals surface area (Å²) >= 11 is 0. The van der Waals surface area contributed by atoms with Gasteiger partial charge in [-0.15, -0.1) is 0 Å². The SMILES string of the molecule is CCCC/C(O)=C1\C(=O)C[C@H](c2ccccc2)CC1=Nc1ccc2ccccc2c1. The van der Waals surface area contributed by atoms with Crippen LogP contribution in [0.3, 0.4) is 0 Å². The number of carbonyl (C=O) groups is 1. The molecule has 0 spiro atoms. The van der Waals surface area contributed by atoms with E-state index in [0.29, 0.717) is 30.5 Å². The fourth-order valence-corrected chi connectivity index (χ4v) is 4.16. The number of allylic oxidation sites excluding steroid dienone is 2. The van der Waals surface area contributed by atoms with Crippen molar-refractivity contribution in [3.05, 3.63) is 89.7 Å². The summed E-state index contributed by atoms with van der Waals surface area (Å²) < 4.78 is 0. The largest absolute Gasteiger partial charge is 0.511 e. The number of hydrogen-bond acceptors (Lipinski definition) is 3. The highest BCUT2D eigenvalue weighted by Crippen LogP contribution is 2.35. The van der Waals surface area contributed by atoms with Gasteiger partial charge >= 0.3 is 0 Å². The van der Waals surface area contributed by atoms with E-state index in [1.165, 1.54) is 0 Å². The first-order chi connectivity index (χ1) is 14.7. The van der Waals surface area contributed by atoms with Gasteiger partial charge in [-0.25, -0.2) is 0 Å². The predicted molar refractivity (Wildman–Crippen MR) is 124 cm³/mol. The third-order valence-corrected chi connectivity index (χ3v) is 5.76. The molecule has 0 saturated heterocycles. The Hall–Kier alpha value is -3.20. The lowest BCUT2D eigenvalue weighted by molar-refractivity contribution is -0.115. The summed E-state index contributed by atoms with van der Waals surface area (Å²) in [6.45, 7) is 2.08. The minimum Gasteiger partial charge on any atom is -0.511 e. The molecule has 1 aliphatic rings. The third kappa shape index (κ3) is 4.35. The van der Waals surface area contributed by atoms with Crippen LogP contribution in [0.25, 0.3) is 10.8 Å². The first-order valence-corrected chi connectivity index (χ1v) is 10.7. The summed E-state index contributed by atoms with van der Waals surface area (Å²) in [5.74, 6) is 0.261. The summed E-state index contributed by atoms with van der Waals surface area (Å²) in [6, 6.07) is 24.4. The van der Waals surface area contributed by atoms with Gasteiger partial charge in [-0.3, -0.25) is 9.79 Å². The molecule has 0 bridgehead atoms. The monoisotopic (exact) mass is 397 g/mol. The van der Waals surface area contributed by atoms with E-state index < -0.39 is 0 Å². The summed E-state index contributed by atoms with van der Waals surface area (Å²) in [4.78, 5) is 18.0. The number of carbonyl (C=O) groups excluding carboxylic acids is 1. The van der Waals surface area contributed by atoms with Crippen molar-refractivity contribution in [2.24, 2.45) is 4.99 Å². The molecule has 1 atom stereocenters. The fraction of sp³-hybridized carbons (Fsp3) is 0.259. The van der Waals surface area contributed by atoms with E-state index in [1.807, 2.05) is 48.5 Å². The Bertz CT molecular complexity index is 1110. The number of aliphatic imine (C=N–C) groups is 1. The molecule has 3 aromatic carbocycles. The molecule has 1 saturated carbocycles. The van der Waals surface area contributed by atoms with Crippen LogP contribution in [0, 0.1) is 0 Å². The van der Waals surface area contributed by atoms with Crippen molar-refractivity contribution in [1.29, 1.82) is 0 Å². The molecule has 30 heavy (non-hydrogen) atoms. The number of unbranched alkanes of at least 4 members (excludes halogenated alkanes) is 1. The van der Waals surface area contributed by atoms with Crippen LogP contribution in [0.5, 0.6) is 0 Å². The minimum absolute atomic E-state index is 0.0109. The average molecular weight is 398 g/mol. The highest BCUT2D eigenvalue weighted by molar-refractivity contribution is 6.25. The van der Waals surface area contributed by atoms with E-state index in [0.717, 1.165) is 34.9 Å². The lowest BCUT2D eigenvalue weighted by Gasteiger charge is -2.26. The molecular formula is C27H27NO2. The van der Waals surface area contributed by atoms with Crippen molar-refractivity contribution in [3.63, 3.8) is 0 Å². The molecule has 0 radical (unpaired) electrons. The molecule has 0 unspecified atom stereocenters. The number of ketones is 1.